The van der Waals surface area contributed by atoms with Gasteiger partial charge in [0, 0.05) is 26.7 Å². The van der Waals surface area contributed by atoms with E-state index >= 15 is 0 Å². The van der Waals surface area contributed by atoms with Crippen LogP contribution in [0.2, 0.25) is 0 Å². The third kappa shape index (κ3) is 4.46. The molecule has 1 amide bonds. The minimum Gasteiger partial charge on any atom is -0.478 e. The third-order valence-corrected chi connectivity index (χ3v) is 3.16. The second-order valence-electron chi connectivity index (χ2n) is 4.98. The van der Waals surface area contributed by atoms with E-state index in [-0.39, 0.29) is 23.1 Å². The molecule has 0 radical (unpaired) electrons. The maximum Gasteiger partial charge on any atom is 0.335 e. The van der Waals surface area contributed by atoms with Crippen molar-refractivity contribution < 1.29 is 19.4 Å². The number of carbonyl (C=O) groups excluding carboxylic acids is 1. The van der Waals surface area contributed by atoms with E-state index in [9.17, 15) is 9.59 Å². The van der Waals surface area contributed by atoms with Gasteiger partial charge in [-0.3, -0.25) is 4.79 Å². The van der Waals surface area contributed by atoms with E-state index in [1.165, 1.54) is 12.1 Å². The van der Waals surface area contributed by atoms with Crippen LogP contribution in [0.1, 0.15) is 30.6 Å². The first kappa shape index (κ1) is 17.0. The fourth-order valence-electron chi connectivity index (χ4n) is 2.17. The van der Waals surface area contributed by atoms with Crippen molar-refractivity contribution in [2.45, 2.75) is 20.3 Å². The minimum absolute atomic E-state index is 0.0585. The molecule has 0 fully saturated rings. The molecule has 116 valence electrons. The maximum absolute atomic E-state index is 12.3. The lowest BCUT2D eigenvalue weighted by molar-refractivity contribution is -0.119. The number of aromatic carboxylic acids is 1. The Hall–Kier alpha value is -2.08. The Bertz CT molecular complexity index is 516. The Labute approximate surface area is 124 Å². The molecule has 3 N–H and O–H groups in total. The second kappa shape index (κ2) is 7.64. The van der Waals surface area contributed by atoms with Crippen LogP contribution >= 0.6 is 0 Å². The van der Waals surface area contributed by atoms with Gasteiger partial charge in [0.25, 0.3) is 0 Å². The van der Waals surface area contributed by atoms with E-state index in [0.29, 0.717) is 25.3 Å². The Balaban J connectivity index is 2.94. The highest BCUT2D eigenvalue weighted by molar-refractivity contribution is 5.98. The summed E-state index contributed by atoms with van der Waals surface area (Å²) < 4.78 is 5.03. The van der Waals surface area contributed by atoms with E-state index in [1.807, 2.05) is 13.8 Å². The molecule has 0 heterocycles. The summed E-state index contributed by atoms with van der Waals surface area (Å²) in [4.78, 5) is 24.8. The number of amides is 1. The molecule has 6 nitrogen and oxygen atoms in total. The number of benzene rings is 1. The summed E-state index contributed by atoms with van der Waals surface area (Å²) in [5.41, 5.74) is 6.81. The number of nitrogen functional groups attached to an aromatic ring is 1. The summed E-state index contributed by atoms with van der Waals surface area (Å²) in [6.45, 7) is 4.77. The lowest BCUT2D eigenvalue weighted by Gasteiger charge is -2.24. The van der Waals surface area contributed by atoms with E-state index in [1.54, 1.807) is 18.1 Å². The molecule has 21 heavy (non-hydrogen) atoms. The number of hydrogen-bond donors (Lipinski definition) is 2. The Morgan fingerprint density at radius 3 is 2.57 bits per heavy atom. The Kier molecular flexibility index (Phi) is 6.17. The predicted octanol–water partition coefficient (Wildman–Crippen LogP) is 1.99. The van der Waals surface area contributed by atoms with Gasteiger partial charge in [0.2, 0.25) is 5.91 Å². The van der Waals surface area contributed by atoms with Gasteiger partial charge >= 0.3 is 5.97 Å². The van der Waals surface area contributed by atoms with Crippen molar-refractivity contribution in [3.05, 3.63) is 23.8 Å². The monoisotopic (exact) mass is 294 g/mol. The average Bonchev–Trinajstić information content (AvgIpc) is 2.41. The standard InChI is InChI=1S/C15H22N2O4/c1-4-17(14(18)7-10(2)9-21-3)13-6-5-11(15(19)20)8-12(13)16/h5-6,8,10H,4,7,9,16H2,1-3H3,(H,19,20). The topological polar surface area (TPSA) is 92.9 Å². The van der Waals surface area contributed by atoms with Gasteiger partial charge in [0.15, 0.2) is 0 Å². The molecule has 1 aromatic rings. The summed E-state index contributed by atoms with van der Waals surface area (Å²) in [5.74, 6) is -0.996. The highest BCUT2D eigenvalue weighted by Crippen LogP contribution is 2.25. The van der Waals surface area contributed by atoms with Crippen LogP contribution < -0.4 is 10.6 Å². The predicted molar refractivity (Wildman–Crippen MR) is 81.5 cm³/mol. The lowest BCUT2D eigenvalue weighted by Crippen LogP contribution is -2.33. The number of nitrogens with two attached hydrogens (primary N) is 1. The number of ether oxygens (including phenoxy) is 1. The Morgan fingerprint density at radius 1 is 1.43 bits per heavy atom. The van der Waals surface area contributed by atoms with Gasteiger partial charge in [0.1, 0.15) is 0 Å². The number of methoxy groups -OCH3 is 1. The molecule has 0 aliphatic heterocycles. The molecule has 6 heteroatoms. The number of nitrogens with zero attached hydrogens (tertiary/aromatic N) is 1. The van der Waals surface area contributed by atoms with Gasteiger partial charge in [-0.25, -0.2) is 4.79 Å². The third-order valence-electron chi connectivity index (χ3n) is 3.16. The minimum atomic E-state index is -1.05. The number of carboxylic acids is 1. The quantitative estimate of drug-likeness (QED) is 0.750. The van der Waals surface area contributed by atoms with Crippen LogP contribution in [0.5, 0.6) is 0 Å². The number of rotatable bonds is 7. The van der Waals surface area contributed by atoms with Crippen molar-refractivity contribution in [3.63, 3.8) is 0 Å². The normalized spacial score (nSPS) is 12.0. The first-order valence-electron chi connectivity index (χ1n) is 6.82. The second-order valence-corrected chi connectivity index (χ2v) is 4.98. The van der Waals surface area contributed by atoms with E-state index in [2.05, 4.69) is 0 Å². The van der Waals surface area contributed by atoms with Gasteiger partial charge in [-0.2, -0.15) is 0 Å². The van der Waals surface area contributed by atoms with Gasteiger partial charge in [0.05, 0.1) is 16.9 Å². The smallest absolute Gasteiger partial charge is 0.335 e. The van der Waals surface area contributed by atoms with Crippen molar-refractivity contribution in [3.8, 4) is 0 Å². The van der Waals surface area contributed by atoms with Crippen LogP contribution in [0.3, 0.4) is 0 Å². The largest absolute Gasteiger partial charge is 0.478 e. The number of anilines is 2. The van der Waals surface area contributed by atoms with Crippen molar-refractivity contribution in [1.29, 1.82) is 0 Å². The molecule has 0 aliphatic carbocycles. The van der Waals surface area contributed by atoms with Gasteiger partial charge in [-0.15, -0.1) is 0 Å². The zero-order valence-corrected chi connectivity index (χ0v) is 12.6. The van der Waals surface area contributed by atoms with Crippen LogP contribution in [-0.4, -0.2) is 37.2 Å². The van der Waals surface area contributed by atoms with Crippen LogP contribution in [0.4, 0.5) is 11.4 Å². The van der Waals surface area contributed by atoms with Crippen molar-refractivity contribution in [2.75, 3.05) is 30.9 Å². The molecule has 0 saturated carbocycles. The summed E-state index contributed by atoms with van der Waals surface area (Å²) in [5, 5.41) is 8.93. The Morgan fingerprint density at radius 2 is 2.10 bits per heavy atom. The molecular weight excluding hydrogens is 272 g/mol. The van der Waals surface area contributed by atoms with Gasteiger partial charge in [-0.05, 0) is 31.0 Å². The highest BCUT2D eigenvalue weighted by Gasteiger charge is 2.19. The lowest BCUT2D eigenvalue weighted by atomic mass is 10.1. The maximum atomic E-state index is 12.3. The summed E-state index contributed by atoms with van der Waals surface area (Å²) >= 11 is 0. The zero-order chi connectivity index (χ0) is 16.0. The molecular formula is C15H22N2O4. The molecule has 0 bridgehead atoms. The van der Waals surface area contributed by atoms with Crippen molar-refractivity contribution >= 4 is 23.3 Å². The van der Waals surface area contributed by atoms with Crippen LogP contribution in [0.25, 0.3) is 0 Å². The number of hydrogen-bond acceptors (Lipinski definition) is 4. The van der Waals surface area contributed by atoms with Crippen LogP contribution in [0, 0.1) is 5.92 Å². The van der Waals surface area contributed by atoms with Crippen LogP contribution in [-0.2, 0) is 9.53 Å². The molecule has 0 saturated heterocycles. The van der Waals surface area contributed by atoms with Crippen LogP contribution in [0.15, 0.2) is 18.2 Å². The van der Waals surface area contributed by atoms with Gasteiger partial charge < -0.3 is 20.5 Å². The zero-order valence-electron chi connectivity index (χ0n) is 12.6. The molecule has 1 aromatic carbocycles. The molecule has 0 spiro atoms. The van der Waals surface area contributed by atoms with Gasteiger partial charge in [-0.1, -0.05) is 6.92 Å². The molecule has 0 aliphatic rings. The van der Waals surface area contributed by atoms with Crippen molar-refractivity contribution in [1.82, 2.24) is 0 Å². The highest BCUT2D eigenvalue weighted by atomic mass is 16.5. The van der Waals surface area contributed by atoms with E-state index in [0.717, 1.165) is 0 Å². The fourth-order valence-corrected chi connectivity index (χ4v) is 2.17. The number of carbonyl (C=O) groups is 2. The summed E-state index contributed by atoms with van der Waals surface area (Å²) in [6.07, 6.45) is 0.349. The molecule has 1 unspecified atom stereocenters. The first-order valence-corrected chi connectivity index (χ1v) is 6.82. The SMILES string of the molecule is CCN(C(=O)CC(C)COC)c1ccc(C(=O)O)cc1N. The van der Waals surface area contributed by atoms with Crippen molar-refractivity contribution in [2.24, 2.45) is 5.92 Å². The molecule has 0 aromatic heterocycles. The summed E-state index contributed by atoms with van der Waals surface area (Å²) in [7, 11) is 1.60. The van der Waals surface area contributed by atoms with E-state index in [4.69, 9.17) is 15.6 Å². The molecule has 1 atom stereocenters. The van der Waals surface area contributed by atoms with E-state index < -0.39 is 5.97 Å². The number of carboxylic acid groups (broad SMARTS) is 1. The molecule has 1 rings (SSSR count). The summed E-state index contributed by atoms with van der Waals surface area (Å²) in [6, 6.07) is 4.38. The average molecular weight is 294 g/mol. The first-order chi connectivity index (χ1) is 9.90. The fraction of sp³-hybridized carbons (Fsp3) is 0.467.